The molecule has 0 radical (unpaired) electrons. The number of carbonyl (C=O) groups is 1. The topological polar surface area (TPSA) is 41.6 Å². The smallest absolute Gasteiger partial charge is 0.407 e. The molecule has 1 saturated carbocycles. The number of anilines is 1. The van der Waals surface area contributed by atoms with Crippen molar-refractivity contribution in [3.8, 4) is 0 Å². The van der Waals surface area contributed by atoms with Crippen LogP contribution in [0.2, 0.25) is 0 Å². The molecular formula is C19H28FIN2O2. The van der Waals surface area contributed by atoms with E-state index in [4.69, 9.17) is 4.74 Å². The summed E-state index contributed by atoms with van der Waals surface area (Å²) in [5.41, 5.74) is 0.177. The van der Waals surface area contributed by atoms with E-state index in [0.29, 0.717) is 11.6 Å². The Kier molecular flexibility index (Phi) is 6.93. The zero-order valence-electron chi connectivity index (χ0n) is 15.4. The number of hydrogen-bond donors (Lipinski definition) is 1. The van der Waals surface area contributed by atoms with Crippen molar-refractivity contribution in [2.45, 2.75) is 58.1 Å². The summed E-state index contributed by atoms with van der Waals surface area (Å²) in [4.78, 5) is 13.9. The summed E-state index contributed by atoms with van der Waals surface area (Å²) in [6, 6.07) is 5.50. The first-order valence-corrected chi connectivity index (χ1v) is 9.87. The lowest BCUT2D eigenvalue weighted by Gasteiger charge is -2.33. The molecule has 1 N–H and O–H groups in total. The Balaban J connectivity index is 1.79. The molecule has 0 saturated heterocycles. The highest BCUT2D eigenvalue weighted by Gasteiger charge is 2.25. The van der Waals surface area contributed by atoms with Gasteiger partial charge in [-0.15, -0.1) is 0 Å². The normalized spacial score (nSPS) is 20.9. The van der Waals surface area contributed by atoms with Crippen LogP contribution < -0.4 is 10.2 Å². The second kappa shape index (κ2) is 8.56. The van der Waals surface area contributed by atoms with Crippen LogP contribution in [0.15, 0.2) is 18.2 Å². The van der Waals surface area contributed by atoms with E-state index < -0.39 is 5.60 Å². The lowest BCUT2D eigenvalue weighted by Crippen LogP contribution is -2.42. The van der Waals surface area contributed by atoms with Gasteiger partial charge in [-0.05, 0) is 93.2 Å². The Morgan fingerprint density at radius 2 is 1.96 bits per heavy atom. The highest BCUT2D eigenvalue weighted by Crippen LogP contribution is 2.28. The van der Waals surface area contributed by atoms with Gasteiger partial charge in [-0.2, -0.15) is 0 Å². The van der Waals surface area contributed by atoms with E-state index >= 15 is 0 Å². The Labute approximate surface area is 163 Å². The van der Waals surface area contributed by atoms with E-state index in [1.807, 2.05) is 44.9 Å². The average Bonchev–Trinajstić information content (AvgIpc) is 2.47. The molecule has 0 unspecified atom stereocenters. The van der Waals surface area contributed by atoms with Gasteiger partial charge in [0.2, 0.25) is 0 Å². The fourth-order valence-corrected chi connectivity index (χ4v) is 3.69. The molecule has 0 aromatic heterocycles. The first-order chi connectivity index (χ1) is 11.6. The van der Waals surface area contributed by atoms with Gasteiger partial charge in [0.1, 0.15) is 11.4 Å². The lowest BCUT2D eigenvalue weighted by molar-refractivity contribution is 0.0487. The fraction of sp³-hybridized carbons (Fsp3) is 0.632. The van der Waals surface area contributed by atoms with Crippen molar-refractivity contribution in [3.05, 3.63) is 27.6 Å². The van der Waals surface area contributed by atoms with Crippen LogP contribution in [0.3, 0.4) is 0 Å². The van der Waals surface area contributed by atoms with Crippen LogP contribution in [-0.2, 0) is 4.74 Å². The summed E-state index contributed by atoms with van der Waals surface area (Å²) >= 11 is 2.12. The van der Waals surface area contributed by atoms with E-state index in [1.54, 1.807) is 6.07 Å². The van der Waals surface area contributed by atoms with E-state index in [9.17, 15) is 9.18 Å². The zero-order chi connectivity index (χ0) is 18.6. The molecule has 0 spiro atoms. The molecule has 1 amide bonds. The molecule has 2 rings (SSSR count). The maximum absolute atomic E-state index is 14.1. The lowest BCUT2D eigenvalue weighted by atomic mass is 9.85. The van der Waals surface area contributed by atoms with Crippen LogP contribution >= 0.6 is 22.6 Å². The summed E-state index contributed by atoms with van der Waals surface area (Å²) in [5.74, 6) is 0.343. The van der Waals surface area contributed by atoms with Gasteiger partial charge in [-0.3, -0.25) is 0 Å². The maximum Gasteiger partial charge on any atom is 0.407 e. The van der Waals surface area contributed by atoms with E-state index in [2.05, 4.69) is 27.9 Å². The number of alkyl carbamates (subject to hydrolysis) is 1. The number of nitrogens with one attached hydrogen (secondary N) is 1. The molecule has 1 aliphatic carbocycles. The van der Waals surface area contributed by atoms with Crippen molar-refractivity contribution in [1.29, 1.82) is 0 Å². The van der Waals surface area contributed by atoms with Crippen molar-refractivity contribution in [2.24, 2.45) is 5.92 Å². The Bertz CT molecular complexity index is 596. The summed E-state index contributed by atoms with van der Waals surface area (Å²) < 4.78 is 20.3. The molecule has 1 aromatic carbocycles. The number of hydrogen-bond acceptors (Lipinski definition) is 3. The molecule has 0 bridgehead atoms. The minimum atomic E-state index is -0.471. The number of ether oxygens (including phenoxy) is 1. The van der Waals surface area contributed by atoms with Crippen LogP contribution in [0.25, 0.3) is 0 Å². The molecule has 25 heavy (non-hydrogen) atoms. The number of halogens is 2. The van der Waals surface area contributed by atoms with Gasteiger partial charge in [0.25, 0.3) is 0 Å². The molecule has 6 heteroatoms. The highest BCUT2D eigenvalue weighted by molar-refractivity contribution is 14.1. The third-order valence-corrected chi connectivity index (χ3v) is 5.09. The highest BCUT2D eigenvalue weighted by atomic mass is 127. The van der Waals surface area contributed by atoms with Crippen LogP contribution in [0.4, 0.5) is 14.9 Å². The minimum absolute atomic E-state index is 0.172. The standard InChI is InChI=1S/C19H28FIN2O2/c1-19(2,3)25-18(24)22-15-8-5-13(6-9-15)12-23(4)17-10-7-14(21)11-16(17)20/h7,10-11,13,15H,5-6,8-9,12H2,1-4H3,(H,22,24)/t13-,15+. The third-order valence-electron chi connectivity index (χ3n) is 4.42. The molecular weight excluding hydrogens is 434 g/mol. The number of amides is 1. The summed E-state index contributed by atoms with van der Waals surface area (Å²) in [6.07, 6.45) is 3.59. The van der Waals surface area contributed by atoms with Crippen molar-refractivity contribution >= 4 is 34.4 Å². The number of nitrogens with zero attached hydrogens (tertiary/aromatic N) is 1. The number of benzene rings is 1. The SMILES string of the molecule is CN(C[C@H]1CC[C@@H](NC(=O)OC(C)(C)C)CC1)c1ccc(I)cc1F. The summed E-state index contributed by atoms with van der Waals surface area (Å²) in [5, 5.41) is 2.96. The number of rotatable bonds is 4. The monoisotopic (exact) mass is 462 g/mol. The molecule has 0 aliphatic heterocycles. The first-order valence-electron chi connectivity index (χ1n) is 8.80. The molecule has 1 aromatic rings. The molecule has 140 valence electrons. The first kappa shape index (κ1) is 20.3. The van der Waals surface area contributed by atoms with Crippen LogP contribution in [0.1, 0.15) is 46.5 Å². The Morgan fingerprint density at radius 1 is 1.32 bits per heavy atom. The summed E-state index contributed by atoms with van der Waals surface area (Å²) in [7, 11) is 1.94. The Morgan fingerprint density at radius 3 is 2.52 bits per heavy atom. The Hall–Kier alpha value is -1.05. The van der Waals surface area contributed by atoms with Crippen molar-refractivity contribution in [2.75, 3.05) is 18.5 Å². The fourth-order valence-electron chi connectivity index (χ4n) is 3.24. The third kappa shape index (κ3) is 6.64. The van der Waals surface area contributed by atoms with Gasteiger partial charge >= 0.3 is 6.09 Å². The van der Waals surface area contributed by atoms with E-state index in [-0.39, 0.29) is 18.0 Å². The predicted octanol–water partition coefficient (Wildman–Crippen LogP) is 4.95. The van der Waals surface area contributed by atoms with E-state index in [1.165, 1.54) is 0 Å². The molecule has 1 fully saturated rings. The average molecular weight is 462 g/mol. The van der Waals surface area contributed by atoms with Crippen LogP contribution in [0, 0.1) is 15.3 Å². The maximum atomic E-state index is 14.1. The van der Waals surface area contributed by atoms with Gasteiger partial charge in [0, 0.05) is 23.2 Å². The second-order valence-electron chi connectivity index (χ2n) is 7.84. The number of carbonyl (C=O) groups excluding carboxylic acids is 1. The van der Waals surface area contributed by atoms with E-state index in [0.717, 1.165) is 35.8 Å². The molecule has 4 nitrogen and oxygen atoms in total. The van der Waals surface area contributed by atoms with Gasteiger partial charge in [0.15, 0.2) is 0 Å². The largest absolute Gasteiger partial charge is 0.444 e. The molecule has 0 heterocycles. The van der Waals surface area contributed by atoms with Gasteiger partial charge in [-0.25, -0.2) is 9.18 Å². The molecule has 1 aliphatic rings. The van der Waals surface area contributed by atoms with Crippen molar-refractivity contribution in [3.63, 3.8) is 0 Å². The van der Waals surface area contributed by atoms with Crippen molar-refractivity contribution in [1.82, 2.24) is 5.32 Å². The van der Waals surface area contributed by atoms with Gasteiger partial charge < -0.3 is 15.0 Å². The summed E-state index contributed by atoms with van der Waals surface area (Å²) in [6.45, 7) is 6.42. The quantitative estimate of drug-likeness (QED) is 0.644. The van der Waals surface area contributed by atoms with Crippen LogP contribution in [-0.4, -0.2) is 31.3 Å². The zero-order valence-corrected chi connectivity index (χ0v) is 17.6. The second-order valence-corrected chi connectivity index (χ2v) is 9.09. The van der Waals surface area contributed by atoms with Crippen LogP contribution in [0.5, 0.6) is 0 Å². The predicted molar refractivity (Wildman–Crippen MR) is 108 cm³/mol. The minimum Gasteiger partial charge on any atom is -0.444 e. The molecule has 0 atom stereocenters. The van der Waals surface area contributed by atoms with Crippen molar-refractivity contribution < 1.29 is 13.9 Å². The van der Waals surface area contributed by atoms with Gasteiger partial charge in [-0.1, -0.05) is 0 Å². The van der Waals surface area contributed by atoms with Gasteiger partial charge in [0.05, 0.1) is 5.69 Å².